The first-order chi connectivity index (χ1) is 15.0. The average Bonchev–Trinajstić information content (AvgIpc) is 3.15. The number of pyridine rings is 1. The number of carbonyl (C=O) groups excluding carboxylic acids is 1. The molecule has 2 aliphatic rings. The molecule has 0 aliphatic heterocycles. The van der Waals surface area contributed by atoms with E-state index in [1.165, 1.54) is 6.07 Å². The molecule has 6 nitrogen and oxygen atoms in total. The van der Waals surface area contributed by atoms with Gasteiger partial charge in [-0.2, -0.15) is 0 Å². The van der Waals surface area contributed by atoms with Crippen LogP contribution < -0.4 is 5.32 Å². The minimum absolute atomic E-state index is 0.00669. The molecular formula is C23H21F2N5O. The number of nitrogens with one attached hydrogen (secondary N) is 1. The molecule has 1 aromatic carbocycles. The van der Waals surface area contributed by atoms with E-state index in [9.17, 15) is 13.6 Å². The van der Waals surface area contributed by atoms with Gasteiger partial charge in [0, 0.05) is 30.3 Å². The van der Waals surface area contributed by atoms with Gasteiger partial charge in [-0.15, -0.1) is 0 Å². The fourth-order valence-corrected chi connectivity index (χ4v) is 5.59. The summed E-state index contributed by atoms with van der Waals surface area (Å²) in [5, 5.41) is 3.02. The van der Waals surface area contributed by atoms with E-state index >= 15 is 0 Å². The molecule has 3 aromatic heterocycles. The molecule has 2 aliphatic carbocycles. The van der Waals surface area contributed by atoms with Crippen molar-refractivity contribution in [3.63, 3.8) is 0 Å². The Morgan fingerprint density at radius 2 is 1.94 bits per heavy atom. The van der Waals surface area contributed by atoms with E-state index in [1.807, 2.05) is 40.3 Å². The first kappa shape index (κ1) is 18.5. The van der Waals surface area contributed by atoms with Crippen molar-refractivity contribution in [3.8, 4) is 0 Å². The van der Waals surface area contributed by atoms with Crippen LogP contribution in [0.1, 0.15) is 25.8 Å². The first-order valence-corrected chi connectivity index (χ1v) is 10.6. The van der Waals surface area contributed by atoms with Gasteiger partial charge in [0.25, 0.3) is 0 Å². The van der Waals surface area contributed by atoms with Crippen LogP contribution in [0.4, 0.5) is 14.6 Å². The van der Waals surface area contributed by atoms with Crippen molar-refractivity contribution in [1.82, 2.24) is 18.9 Å². The standard InChI is InChI=1S/C23H21F2N5O/c1-12(23(31)28-21-10-26-20-4-2-3-5-29(20)21)22-14-6-13(7-15(14)22)30-11-27-18-8-16(24)17(25)9-19(18)30/h2-5,8-15,22H,6-7H2,1H3,(H,28,31)/t12?,13-,14-,15+,22+. The molecule has 0 radical (unpaired) electrons. The highest BCUT2D eigenvalue weighted by atomic mass is 19.2. The lowest BCUT2D eigenvalue weighted by atomic mass is 9.96. The molecule has 2 saturated carbocycles. The maximum atomic E-state index is 13.7. The molecule has 6 rings (SSSR count). The molecule has 4 aromatic rings. The highest BCUT2D eigenvalue weighted by Gasteiger charge is 2.59. The summed E-state index contributed by atoms with van der Waals surface area (Å²) in [7, 11) is 0. The number of benzene rings is 1. The van der Waals surface area contributed by atoms with Crippen molar-refractivity contribution < 1.29 is 13.6 Å². The molecule has 8 heteroatoms. The second-order valence-corrected chi connectivity index (χ2v) is 8.79. The normalized spacial score (nSPS) is 25.6. The minimum Gasteiger partial charge on any atom is -0.327 e. The fraction of sp³-hybridized carbons (Fsp3) is 0.348. The molecule has 1 unspecified atom stereocenters. The van der Waals surface area contributed by atoms with Crippen LogP contribution in [0.25, 0.3) is 16.7 Å². The Bertz CT molecular complexity index is 1320. The third-order valence-electron chi connectivity index (χ3n) is 7.16. The number of nitrogens with zero attached hydrogens (tertiary/aromatic N) is 4. The summed E-state index contributed by atoms with van der Waals surface area (Å²) >= 11 is 0. The molecule has 0 bridgehead atoms. The third-order valence-corrected chi connectivity index (χ3v) is 7.16. The zero-order chi connectivity index (χ0) is 21.3. The van der Waals surface area contributed by atoms with Crippen LogP contribution in [-0.4, -0.2) is 24.8 Å². The second kappa shape index (κ2) is 6.60. The average molecular weight is 421 g/mol. The summed E-state index contributed by atoms with van der Waals surface area (Å²) in [6.45, 7) is 1.99. The van der Waals surface area contributed by atoms with Crippen LogP contribution in [0, 0.1) is 35.3 Å². The highest BCUT2D eigenvalue weighted by Crippen LogP contribution is 2.64. The molecule has 1 N–H and O–H groups in total. The molecule has 0 saturated heterocycles. The molecule has 2 fully saturated rings. The molecule has 31 heavy (non-hydrogen) atoms. The summed E-state index contributed by atoms with van der Waals surface area (Å²) in [4.78, 5) is 21.4. The summed E-state index contributed by atoms with van der Waals surface area (Å²) in [5.41, 5.74) is 1.89. The maximum Gasteiger partial charge on any atom is 0.228 e. The van der Waals surface area contributed by atoms with Gasteiger partial charge in [0.1, 0.15) is 11.5 Å². The summed E-state index contributed by atoms with van der Waals surface area (Å²) in [5.74, 6) is 0.135. The quantitative estimate of drug-likeness (QED) is 0.530. The highest BCUT2D eigenvalue weighted by molar-refractivity contribution is 5.92. The Labute approximate surface area is 176 Å². The van der Waals surface area contributed by atoms with E-state index in [1.54, 1.807) is 12.5 Å². The van der Waals surface area contributed by atoms with Crippen molar-refractivity contribution in [2.75, 3.05) is 5.32 Å². The number of hydrogen-bond donors (Lipinski definition) is 1. The molecule has 5 atom stereocenters. The number of hydrogen-bond acceptors (Lipinski definition) is 3. The van der Waals surface area contributed by atoms with Crippen molar-refractivity contribution in [2.45, 2.75) is 25.8 Å². The van der Waals surface area contributed by atoms with Gasteiger partial charge in [0.2, 0.25) is 5.91 Å². The molecule has 3 heterocycles. The van der Waals surface area contributed by atoms with Gasteiger partial charge >= 0.3 is 0 Å². The van der Waals surface area contributed by atoms with Gasteiger partial charge in [-0.1, -0.05) is 13.0 Å². The summed E-state index contributed by atoms with van der Waals surface area (Å²) in [6.07, 6.45) is 7.08. The van der Waals surface area contributed by atoms with Gasteiger partial charge < -0.3 is 9.88 Å². The number of amides is 1. The van der Waals surface area contributed by atoms with Gasteiger partial charge in [0.05, 0.1) is 23.6 Å². The van der Waals surface area contributed by atoms with Crippen LogP contribution >= 0.6 is 0 Å². The van der Waals surface area contributed by atoms with E-state index in [4.69, 9.17) is 0 Å². The predicted molar refractivity (Wildman–Crippen MR) is 111 cm³/mol. The third kappa shape index (κ3) is 2.85. The predicted octanol–water partition coefficient (Wildman–Crippen LogP) is 4.43. The SMILES string of the molecule is CC(C(=O)Nc1cnc2ccccn12)[C@H]1[C@@H]2C[C@@H](n3cnc4cc(F)c(F)cc43)C[C@@H]21. The minimum atomic E-state index is -0.877. The number of rotatable bonds is 4. The number of halogens is 2. The van der Waals surface area contributed by atoms with Gasteiger partial charge in [-0.3, -0.25) is 9.20 Å². The Hall–Kier alpha value is -3.29. The first-order valence-electron chi connectivity index (χ1n) is 10.6. The van der Waals surface area contributed by atoms with Crippen molar-refractivity contribution in [1.29, 1.82) is 0 Å². The van der Waals surface area contributed by atoms with Crippen LogP contribution in [0.3, 0.4) is 0 Å². The molecule has 1 amide bonds. The van der Waals surface area contributed by atoms with Gasteiger partial charge in [-0.05, 0) is 42.7 Å². The van der Waals surface area contributed by atoms with E-state index in [0.717, 1.165) is 24.6 Å². The smallest absolute Gasteiger partial charge is 0.228 e. The number of aromatic nitrogens is 4. The maximum absolute atomic E-state index is 13.7. The van der Waals surface area contributed by atoms with Crippen LogP contribution in [0.2, 0.25) is 0 Å². The van der Waals surface area contributed by atoms with E-state index < -0.39 is 11.6 Å². The lowest BCUT2D eigenvalue weighted by Gasteiger charge is -2.19. The van der Waals surface area contributed by atoms with Crippen molar-refractivity contribution >= 4 is 28.4 Å². The van der Waals surface area contributed by atoms with E-state index in [0.29, 0.717) is 34.6 Å². The summed E-state index contributed by atoms with van der Waals surface area (Å²) in [6, 6.07) is 8.28. The van der Waals surface area contributed by atoms with Crippen LogP contribution in [0.5, 0.6) is 0 Å². The van der Waals surface area contributed by atoms with E-state index in [2.05, 4.69) is 15.3 Å². The Morgan fingerprint density at radius 1 is 1.16 bits per heavy atom. The fourth-order valence-electron chi connectivity index (χ4n) is 5.59. The Balaban J connectivity index is 1.14. The van der Waals surface area contributed by atoms with Crippen LogP contribution in [0.15, 0.2) is 49.1 Å². The lowest BCUT2D eigenvalue weighted by Crippen LogP contribution is -2.25. The zero-order valence-corrected chi connectivity index (χ0v) is 16.9. The van der Waals surface area contributed by atoms with Crippen LogP contribution in [-0.2, 0) is 4.79 Å². The Morgan fingerprint density at radius 3 is 2.74 bits per heavy atom. The zero-order valence-electron chi connectivity index (χ0n) is 16.9. The number of imidazole rings is 2. The number of anilines is 1. The molecular weight excluding hydrogens is 400 g/mol. The monoisotopic (exact) mass is 421 g/mol. The van der Waals surface area contributed by atoms with Gasteiger partial charge in [0.15, 0.2) is 11.6 Å². The lowest BCUT2D eigenvalue weighted by molar-refractivity contribution is -0.120. The Kier molecular flexibility index (Phi) is 3.94. The topological polar surface area (TPSA) is 64.2 Å². The van der Waals surface area contributed by atoms with Crippen molar-refractivity contribution in [3.05, 3.63) is 60.7 Å². The number of carbonyl (C=O) groups is 1. The molecule has 0 spiro atoms. The van der Waals surface area contributed by atoms with E-state index in [-0.39, 0.29) is 17.9 Å². The van der Waals surface area contributed by atoms with Crippen molar-refractivity contribution in [2.24, 2.45) is 23.7 Å². The number of fused-ring (bicyclic) bond motifs is 3. The largest absolute Gasteiger partial charge is 0.327 e. The van der Waals surface area contributed by atoms with Gasteiger partial charge in [-0.25, -0.2) is 18.7 Å². The summed E-state index contributed by atoms with van der Waals surface area (Å²) < 4.78 is 31.0. The molecule has 158 valence electrons. The second-order valence-electron chi connectivity index (χ2n) is 8.79.